The Hall–Kier alpha value is -4.31. The van der Waals surface area contributed by atoms with Crippen molar-refractivity contribution in [2.45, 2.75) is 26.0 Å². The van der Waals surface area contributed by atoms with Gasteiger partial charge in [-0.1, -0.05) is 6.92 Å². The smallest absolute Gasteiger partial charge is 0.257 e. The van der Waals surface area contributed by atoms with E-state index in [-0.39, 0.29) is 53.9 Å². The van der Waals surface area contributed by atoms with Crippen LogP contribution in [0, 0.1) is 17.6 Å². The van der Waals surface area contributed by atoms with Crippen LogP contribution in [0.3, 0.4) is 0 Å². The highest BCUT2D eigenvalue weighted by Crippen LogP contribution is 2.27. The number of fused-ring (bicyclic) bond motifs is 1. The van der Waals surface area contributed by atoms with Gasteiger partial charge in [-0.2, -0.15) is 0 Å². The van der Waals surface area contributed by atoms with E-state index in [2.05, 4.69) is 5.32 Å². The van der Waals surface area contributed by atoms with Crippen LogP contribution < -0.4 is 10.1 Å². The van der Waals surface area contributed by atoms with Crippen LogP contribution in [-0.2, 0) is 4.74 Å². The molecule has 0 spiro atoms. The number of halogens is 2. The van der Waals surface area contributed by atoms with Gasteiger partial charge in [-0.05, 0) is 67.6 Å². The van der Waals surface area contributed by atoms with Gasteiger partial charge < -0.3 is 24.6 Å². The van der Waals surface area contributed by atoms with Crippen LogP contribution in [0.1, 0.15) is 44.9 Å². The first kappa shape index (κ1) is 29.7. The third kappa shape index (κ3) is 7.07. The second-order valence-electron chi connectivity index (χ2n) is 10.2. The topological polar surface area (TPSA) is 88.2 Å². The number of nitrogens with zero attached hydrogens (tertiary/aromatic N) is 2. The number of hydrogen-bond donors (Lipinski definition) is 1. The minimum Gasteiger partial charge on any atom is -0.491 e. The molecule has 41 heavy (non-hydrogen) atoms. The van der Waals surface area contributed by atoms with E-state index in [4.69, 9.17) is 9.47 Å². The quantitative estimate of drug-likeness (QED) is 0.488. The number of likely N-dealkylation sites (N-methyl/N-ethyl adjacent to an activating group) is 1. The molecule has 4 rings (SSSR count). The fraction of sp³-hybridized carbons (Fsp3) is 0.323. The van der Waals surface area contributed by atoms with Gasteiger partial charge in [-0.15, -0.1) is 0 Å². The summed E-state index contributed by atoms with van der Waals surface area (Å²) in [7, 11) is 3.22. The lowest BCUT2D eigenvalue weighted by Gasteiger charge is -2.36. The molecular weight excluding hydrogens is 532 g/mol. The second kappa shape index (κ2) is 12.9. The number of anilines is 1. The summed E-state index contributed by atoms with van der Waals surface area (Å²) in [6, 6.07) is 14.8. The van der Waals surface area contributed by atoms with E-state index in [9.17, 15) is 23.2 Å². The van der Waals surface area contributed by atoms with Crippen LogP contribution in [-0.4, -0.2) is 73.5 Å². The van der Waals surface area contributed by atoms with E-state index in [0.29, 0.717) is 17.8 Å². The van der Waals surface area contributed by atoms with Gasteiger partial charge in [0.25, 0.3) is 17.7 Å². The number of carbonyl (C=O) groups excluding carboxylic acids is 3. The van der Waals surface area contributed by atoms with E-state index >= 15 is 0 Å². The molecule has 0 saturated heterocycles. The van der Waals surface area contributed by atoms with E-state index in [1.54, 1.807) is 37.3 Å². The molecule has 0 aromatic heterocycles. The monoisotopic (exact) mass is 565 g/mol. The van der Waals surface area contributed by atoms with Gasteiger partial charge in [0.15, 0.2) is 0 Å². The molecule has 1 N–H and O–H groups in total. The van der Waals surface area contributed by atoms with Crippen molar-refractivity contribution in [3.8, 4) is 5.75 Å². The number of hydrogen-bond acceptors (Lipinski definition) is 5. The molecule has 3 aromatic rings. The van der Waals surface area contributed by atoms with E-state index in [1.807, 2.05) is 13.8 Å². The molecule has 0 saturated carbocycles. The molecule has 3 aromatic carbocycles. The van der Waals surface area contributed by atoms with Crippen molar-refractivity contribution >= 4 is 23.4 Å². The Balaban J connectivity index is 1.66. The van der Waals surface area contributed by atoms with Gasteiger partial charge in [0.2, 0.25) is 0 Å². The van der Waals surface area contributed by atoms with Crippen molar-refractivity contribution in [1.29, 1.82) is 0 Å². The Labute approximate surface area is 237 Å². The zero-order valence-corrected chi connectivity index (χ0v) is 23.4. The summed E-state index contributed by atoms with van der Waals surface area (Å²) in [6.45, 7) is 4.38. The number of rotatable bonds is 4. The average Bonchev–Trinajstić information content (AvgIpc) is 2.96. The fourth-order valence-corrected chi connectivity index (χ4v) is 4.70. The SMILES string of the molecule is CO[C@H]1CN(C)C(=O)c2ccc(NC(=O)c3ccc(F)cc3)cc2OC[C@H](C)N(C(=O)c2ccc(F)cc2)C[C@H]1C. The molecule has 8 nitrogen and oxygen atoms in total. The van der Waals surface area contributed by atoms with Crippen LogP contribution in [0.25, 0.3) is 0 Å². The van der Waals surface area contributed by atoms with Gasteiger partial charge in [0.1, 0.15) is 24.0 Å². The van der Waals surface area contributed by atoms with E-state index < -0.39 is 23.6 Å². The number of methoxy groups -OCH3 is 1. The van der Waals surface area contributed by atoms with Crippen molar-refractivity contribution in [1.82, 2.24) is 9.80 Å². The molecule has 0 radical (unpaired) electrons. The molecular formula is C31H33F2N3O5. The van der Waals surface area contributed by atoms with Gasteiger partial charge in [-0.3, -0.25) is 14.4 Å². The number of ether oxygens (including phenoxy) is 2. The van der Waals surface area contributed by atoms with Crippen molar-refractivity contribution in [3.63, 3.8) is 0 Å². The molecule has 0 unspecified atom stereocenters. The highest BCUT2D eigenvalue weighted by molar-refractivity contribution is 6.05. The number of nitrogens with one attached hydrogen (secondary N) is 1. The maximum Gasteiger partial charge on any atom is 0.257 e. The summed E-state index contributed by atoms with van der Waals surface area (Å²) < 4.78 is 38.7. The maximum absolute atomic E-state index is 13.5. The minimum absolute atomic E-state index is 0.0384. The molecule has 0 aliphatic carbocycles. The van der Waals surface area contributed by atoms with Gasteiger partial charge in [-0.25, -0.2) is 8.78 Å². The van der Waals surface area contributed by atoms with Crippen molar-refractivity contribution < 1.29 is 32.6 Å². The third-order valence-electron chi connectivity index (χ3n) is 7.16. The maximum atomic E-state index is 13.5. The van der Waals surface area contributed by atoms with Crippen molar-refractivity contribution in [2.75, 3.05) is 39.2 Å². The fourth-order valence-electron chi connectivity index (χ4n) is 4.70. The summed E-state index contributed by atoms with van der Waals surface area (Å²) in [5.74, 6) is -1.85. The van der Waals surface area contributed by atoms with Crippen molar-refractivity contribution in [3.05, 3.63) is 95.1 Å². The lowest BCUT2D eigenvalue weighted by atomic mass is 10.0. The number of amides is 3. The zero-order chi connectivity index (χ0) is 29.7. The molecule has 0 bridgehead atoms. The summed E-state index contributed by atoms with van der Waals surface area (Å²) in [5, 5.41) is 2.74. The zero-order valence-electron chi connectivity index (χ0n) is 23.4. The number of benzene rings is 3. The molecule has 1 aliphatic heterocycles. The minimum atomic E-state index is -0.456. The summed E-state index contributed by atoms with van der Waals surface area (Å²) in [4.78, 5) is 42.9. The molecule has 0 fully saturated rings. The average molecular weight is 566 g/mol. The summed E-state index contributed by atoms with van der Waals surface area (Å²) >= 11 is 0. The second-order valence-corrected chi connectivity index (χ2v) is 10.2. The first-order valence-corrected chi connectivity index (χ1v) is 13.3. The largest absolute Gasteiger partial charge is 0.491 e. The van der Waals surface area contributed by atoms with Crippen LogP contribution >= 0.6 is 0 Å². The first-order chi connectivity index (χ1) is 19.6. The van der Waals surface area contributed by atoms with Gasteiger partial charge in [0.05, 0.1) is 17.7 Å². The summed E-state index contributed by atoms with van der Waals surface area (Å²) in [6.07, 6.45) is -0.377. The van der Waals surface area contributed by atoms with Crippen LogP contribution in [0.15, 0.2) is 66.7 Å². The molecule has 1 heterocycles. The molecule has 3 atom stereocenters. The third-order valence-corrected chi connectivity index (χ3v) is 7.16. The Morgan fingerprint density at radius 2 is 1.54 bits per heavy atom. The first-order valence-electron chi connectivity index (χ1n) is 13.3. The Morgan fingerprint density at radius 1 is 0.927 bits per heavy atom. The normalized spacial score (nSPS) is 19.9. The van der Waals surface area contributed by atoms with E-state index in [0.717, 1.165) is 0 Å². The lowest BCUT2D eigenvalue weighted by Crippen LogP contribution is -2.48. The van der Waals surface area contributed by atoms with Crippen molar-refractivity contribution in [2.24, 2.45) is 5.92 Å². The number of carbonyl (C=O) groups is 3. The predicted molar refractivity (Wildman–Crippen MR) is 150 cm³/mol. The highest BCUT2D eigenvalue weighted by atomic mass is 19.1. The van der Waals surface area contributed by atoms with E-state index in [1.165, 1.54) is 53.4 Å². The molecule has 216 valence electrons. The van der Waals surface area contributed by atoms with Gasteiger partial charge >= 0.3 is 0 Å². The van der Waals surface area contributed by atoms with Crippen LogP contribution in [0.2, 0.25) is 0 Å². The molecule has 1 aliphatic rings. The molecule has 3 amide bonds. The predicted octanol–water partition coefficient (Wildman–Crippen LogP) is 4.86. The molecule has 10 heteroatoms. The summed E-state index contributed by atoms with van der Waals surface area (Å²) in [5.41, 5.74) is 1.25. The Kier molecular flexibility index (Phi) is 9.34. The van der Waals surface area contributed by atoms with Crippen LogP contribution in [0.5, 0.6) is 5.75 Å². The highest BCUT2D eigenvalue weighted by Gasteiger charge is 2.31. The lowest BCUT2D eigenvalue weighted by molar-refractivity contribution is 0.0111. The van der Waals surface area contributed by atoms with Gasteiger partial charge in [0, 0.05) is 56.0 Å². The Morgan fingerprint density at radius 3 is 2.15 bits per heavy atom. The standard InChI is InChI=1S/C31H33F2N3O5/c1-19-16-36(30(38)22-7-11-24(33)12-8-22)20(2)18-41-27-15-25(34-29(37)21-5-9-23(32)10-6-21)13-14-26(27)31(39)35(3)17-28(19)40-4/h5-15,19-20,28H,16-18H2,1-4H3,(H,34,37)/t19-,20+,28+/m1/s1. The van der Waals surface area contributed by atoms with Crippen LogP contribution in [0.4, 0.5) is 14.5 Å². The Bertz CT molecular complexity index is 1400.